The Hall–Kier alpha value is -5.23. The van der Waals surface area contributed by atoms with Crippen molar-refractivity contribution in [1.82, 2.24) is 15.5 Å². The Labute approximate surface area is 260 Å². The molecule has 0 unspecified atom stereocenters. The van der Waals surface area contributed by atoms with Crippen LogP contribution in [-0.4, -0.2) is 68.9 Å². The molecule has 0 spiro atoms. The van der Waals surface area contributed by atoms with Crippen molar-refractivity contribution in [2.24, 2.45) is 11.5 Å². The van der Waals surface area contributed by atoms with E-state index >= 15 is 0 Å². The van der Waals surface area contributed by atoms with Gasteiger partial charge in [-0.1, -0.05) is 66.7 Å². The Morgan fingerprint density at radius 1 is 0.822 bits per heavy atom. The van der Waals surface area contributed by atoms with E-state index in [4.69, 9.17) is 11.5 Å². The zero-order valence-corrected chi connectivity index (χ0v) is 24.6. The minimum atomic E-state index is -1.40. The number of aromatic hydroxyl groups is 1. The number of carbonyl (C=O) groups excluding carboxylic acids is 4. The Kier molecular flexibility index (Phi) is 10.9. The van der Waals surface area contributed by atoms with Crippen LogP contribution in [0.2, 0.25) is 0 Å². The number of nitrogens with zero attached hydrogens (tertiary/aromatic N) is 1. The summed E-state index contributed by atoms with van der Waals surface area (Å²) in [6.45, 7) is 0.125. The highest BCUT2D eigenvalue weighted by Gasteiger charge is 2.38. The van der Waals surface area contributed by atoms with Gasteiger partial charge in [-0.3, -0.25) is 19.2 Å². The first-order valence-electron chi connectivity index (χ1n) is 14.6. The molecule has 3 aromatic rings. The van der Waals surface area contributed by atoms with Crippen molar-refractivity contribution in [3.05, 3.63) is 101 Å². The van der Waals surface area contributed by atoms with E-state index in [-0.39, 0.29) is 44.4 Å². The Bertz CT molecular complexity index is 1530. The number of carboxylic acids is 1. The standard InChI is InChI=1S/C33H37N5O7/c34-25(16-21-10-12-24(39)13-11-21)32(43)38-19-23-9-5-4-8-22(23)18-28(38)31(42)37-27(17-20-6-2-1-3-7-20)30(41)36-26(33(44)45)14-15-29(35)40/h1-13,25-28,39H,14-19,34H2,(H2,35,40)(H,36,41)(H,37,42)(H,44,45)/t25-,26+,27-,28-/m0/s1. The van der Waals surface area contributed by atoms with Crippen LogP contribution >= 0.6 is 0 Å². The molecule has 3 aromatic carbocycles. The van der Waals surface area contributed by atoms with E-state index in [0.29, 0.717) is 5.56 Å². The van der Waals surface area contributed by atoms with Gasteiger partial charge in [-0.05, 0) is 47.2 Å². The highest BCUT2D eigenvalue weighted by molar-refractivity contribution is 5.95. The van der Waals surface area contributed by atoms with Gasteiger partial charge < -0.3 is 37.2 Å². The molecule has 1 aliphatic heterocycles. The molecule has 4 amide bonds. The fourth-order valence-electron chi connectivity index (χ4n) is 5.32. The monoisotopic (exact) mass is 615 g/mol. The number of carbonyl (C=O) groups is 5. The Balaban J connectivity index is 1.58. The van der Waals surface area contributed by atoms with E-state index in [1.165, 1.54) is 17.0 Å². The normalized spacial score (nSPS) is 16.0. The number of nitrogens with one attached hydrogen (secondary N) is 2. The van der Waals surface area contributed by atoms with Gasteiger partial charge in [0.25, 0.3) is 0 Å². The second-order valence-electron chi connectivity index (χ2n) is 11.1. The van der Waals surface area contributed by atoms with E-state index in [1.807, 2.05) is 24.3 Å². The molecule has 12 nitrogen and oxygen atoms in total. The van der Waals surface area contributed by atoms with Crippen LogP contribution in [0, 0.1) is 0 Å². The lowest BCUT2D eigenvalue weighted by molar-refractivity contribution is -0.144. The summed E-state index contributed by atoms with van der Waals surface area (Å²) in [5.41, 5.74) is 14.7. The van der Waals surface area contributed by atoms with E-state index in [9.17, 15) is 34.2 Å². The van der Waals surface area contributed by atoms with Crippen LogP contribution in [0.25, 0.3) is 0 Å². The van der Waals surface area contributed by atoms with Gasteiger partial charge >= 0.3 is 5.97 Å². The van der Waals surface area contributed by atoms with Gasteiger partial charge in [-0.15, -0.1) is 0 Å². The lowest BCUT2D eigenvalue weighted by Gasteiger charge is -2.38. The van der Waals surface area contributed by atoms with Gasteiger partial charge in [-0.2, -0.15) is 0 Å². The summed E-state index contributed by atoms with van der Waals surface area (Å²) >= 11 is 0. The summed E-state index contributed by atoms with van der Waals surface area (Å²) in [7, 11) is 0. The summed E-state index contributed by atoms with van der Waals surface area (Å²) in [4.78, 5) is 65.6. The maximum atomic E-state index is 13.9. The zero-order chi connectivity index (χ0) is 32.5. The summed E-state index contributed by atoms with van der Waals surface area (Å²) < 4.78 is 0. The summed E-state index contributed by atoms with van der Waals surface area (Å²) in [5, 5.41) is 24.4. The number of nitrogens with two attached hydrogens (primary N) is 2. The van der Waals surface area contributed by atoms with E-state index in [1.54, 1.807) is 42.5 Å². The highest BCUT2D eigenvalue weighted by Crippen LogP contribution is 2.25. The van der Waals surface area contributed by atoms with E-state index < -0.39 is 53.8 Å². The first-order chi connectivity index (χ1) is 21.5. The number of carboxylic acid groups (broad SMARTS) is 1. The van der Waals surface area contributed by atoms with E-state index in [2.05, 4.69) is 10.6 Å². The SMILES string of the molecule is NC(=O)CC[C@@H](NC(=O)[C@H](Cc1ccccc1)NC(=O)[C@@H]1Cc2ccccc2CN1C(=O)[C@@H](N)Cc1ccc(O)cc1)C(=O)O. The van der Waals surface area contributed by atoms with Crippen LogP contribution in [0.15, 0.2) is 78.9 Å². The van der Waals surface area contributed by atoms with Crippen LogP contribution in [0.3, 0.4) is 0 Å². The van der Waals surface area contributed by atoms with Crippen molar-refractivity contribution in [3.63, 3.8) is 0 Å². The molecule has 1 heterocycles. The van der Waals surface area contributed by atoms with Crippen molar-refractivity contribution in [2.75, 3.05) is 0 Å². The van der Waals surface area contributed by atoms with Crippen LogP contribution in [0.4, 0.5) is 0 Å². The number of hydrogen-bond acceptors (Lipinski definition) is 7. The van der Waals surface area contributed by atoms with Gasteiger partial charge in [0, 0.05) is 25.8 Å². The average Bonchev–Trinajstić information content (AvgIpc) is 3.02. The molecule has 8 N–H and O–H groups in total. The molecule has 4 atom stereocenters. The summed E-state index contributed by atoms with van der Waals surface area (Å²) in [5.74, 6) is -3.80. The van der Waals surface area contributed by atoms with Crippen LogP contribution < -0.4 is 22.1 Å². The second-order valence-corrected chi connectivity index (χ2v) is 11.1. The van der Waals surface area contributed by atoms with Gasteiger partial charge in [0.1, 0.15) is 23.9 Å². The fraction of sp³-hybridized carbons (Fsp3) is 0.303. The number of hydrogen-bond donors (Lipinski definition) is 6. The minimum Gasteiger partial charge on any atom is -0.508 e. The van der Waals surface area contributed by atoms with Crippen LogP contribution in [-0.2, 0) is 49.8 Å². The molecule has 1 aliphatic rings. The number of phenols is 1. The summed E-state index contributed by atoms with van der Waals surface area (Å²) in [6, 6.07) is 18.0. The molecule has 0 aromatic heterocycles. The molecule has 45 heavy (non-hydrogen) atoms. The lowest BCUT2D eigenvalue weighted by atomic mass is 9.92. The Morgan fingerprint density at radius 3 is 2.09 bits per heavy atom. The van der Waals surface area contributed by atoms with Gasteiger partial charge in [-0.25, -0.2) is 4.79 Å². The molecule has 4 rings (SSSR count). The second kappa shape index (κ2) is 15.0. The third kappa shape index (κ3) is 8.89. The minimum absolute atomic E-state index is 0.0399. The molecule has 0 radical (unpaired) electrons. The highest BCUT2D eigenvalue weighted by atomic mass is 16.4. The van der Waals surface area contributed by atoms with Crippen molar-refractivity contribution in [3.8, 4) is 5.75 Å². The number of benzene rings is 3. The number of primary amides is 1. The molecule has 12 heteroatoms. The predicted octanol–water partition coefficient (Wildman–Crippen LogP) is 0.778. The fourth-order valence-corrected chi connectivity index (χ4v) is 5.32. The molecule has 0 aliphatic carbocycles. The molecular weight excluding hydrogens is 578 g/mol. The van der Waals surface area contributed by atoms with Gasteiger partial charge in [0.2, 0.25) is 23.6 Å². The molecule has 0 fully saturated rings. The first kappa shape index (κ1) is 32.7. The summed E-state index contributed by atoms with van der Waals surface area (Å²) in [6.07, 6.45) is -0.0840. The van der Waals surface area contributed by atoms with Crippen molar-refractivity contribution in [2.45, 2.75) is 62.8 Å². The molecule has 0 bridgehead atoms. The Morgan fingerprint density at radius 2 is 1.44 bits per heavy atom. The van der Waals surface area contributed by atoms with Crippen molar-refractivity contribution >= 4 is 29.6 Å². The smallest absolute Gasteiger partial charge is 0.326 e. The number of amides is 4. The lowest BCUT2D eigenvalue weighted by Crippen LogP contribution is -2.60. The largest absolute Gasteiger partial charge is 0.508 e. The van der Waals surface area contributed by atoms with Crippen LogP contribution in [0.1, 0.15) is 35.1 Å². The molecule has 0 saturated carbocycles. The first-order valence-corrected chi connectivity index (χ1v) is 14.6. The molecular formula is C33H37N5O7. The zero-order valence-electron chi connectivity index (χ0n) is 24.6. The number of fused-ring (bicyclic) bond motifs is 1. The van der Waals surface area contributed by atoms with Crippen LogP contribution in [0.5, 0.6) is 5.75 Å². The maximum absolute atomic E-state index is 13.9. The van der Waals surface area contributed by atoms with Crippen molar-refractivity contribution in [1.29, 1.82) is 0 Å². The quantitative estimate of drug-likeness (QED) is 0.162. The average molecular weight is 616 g/mol. The number of phenolic OH excluding ortho intramolecular Hbond substituents is 1. The predicted molar refractivity (Wildman–Crippen MR) is 164 cm³/mol. The van der Waals surface area contributed by atoms with Crippen molar-refractivity contribution < 1.29 is 34.2 Å². The third-order valence-corrected chi connectivity index (χ3v) is 7.75. The van der Waals surface area contributed by atoms with Gasteiger partial charge in [0.15, 0.2) is 0 Å². The third-order valence-electron chi connectivity index (χ3n) is 7.75. The van der Waals surface area contributed by atoms with Gasteiger partial charge in [0.05, 0.1) is 6.04 Å². The topological polar surface area (TPSA) is 205 Å². The van der Waals surface area contributed by atoms with E-state index in [0.717, 1.165) is 16.7 Å². The molecule has 236 valence electrons. The maximum Gasteiger partial charge on any atom is 0.326 e. The molecule has 0 saturated heterocycles. The number of rotatable bonds is 13. The number of aliphatic carboxylic acids is 1.